The van der Waals surface area contributed by atoms with Gasteiger partial charge in [0.1, 0.15) is 5.75 Å². The molecule has 0 aromatic heterocycles. The van der Waals surface area contributed by atoms with Gasteiger partial charge in [-0.1, -0.05) is 23.7 Å². The Balaban J connectivity index is 1.60. The van der Waals surface area contributed by atoms with Crippen LogP contribution in [0.3, 0.4) is 0 Å². The van der Waals surface area contributed by atoms with E-state index >= 15 is 0 Å². The molecule has 0 fully saturated rings. The average Bonchev–Trinajstić information content (AvgIpc) is 2.86. The van der Waals surface area contributed by atoms with E-state index < -0.39 is 0 Å². The molecule has 0 bridgehead atoms. The third kappa shape index (κ3) is 4.57. The minimum atomic E-state index is -0.0617. The van der Waals surface area contributed by atoms with Gasteiger partial charge < -0.3 is 19.5 Å². The summed E-state index contributed by atoms with van der Waals surface area (Å²) in [5, 5.41) is 3.40. The van der Waals surface area contributed by atoms with Gasteiger partial charge in [-0.05, 0) is 35.4 Å². The van der Waals surface area contributed by atoms with Crippen LogP contribution in [0.25, 0.3) is 0 Å². The predicted molar refractivity (Wildman–Crippen MR) is 95.6 cm³/mol. The number of carbonyl (C=O) groups is 1. The second-order valence-electron chi connectivity index (χ2n) is 5.76. The van der Waals surface area contributed by atoms with Crippen molar-refractivity contribution in [1.29, 1.82) is 0 Å². The van der Waals surface area contributed by atoms with Crippen LogP contribution in [0.4, 0.5) is 0 Å². The number of ether oxygens (including phenoxy) is 3. The van der Waals surface area contributed by atoms with E-state index in [0.717, 1.165) is 23.3 Å². The highest BCUT2D eigenvalue weighted by molar-refractivity contribution is 6.32. The van der Waals surface area contributed by atoms with Gasteiger partial charge in [-0.25, -0.2) is 0 Å². The number of hydrogen-bond donors (Lipinski definition) is 1. The quantitative estimate of drug-likeness (QED) is 0.887. The summed E-state index contributed by atoms with van der Waals surface area (Å²) < 4.78 is 16.4. The van der Waals surface area contributed by atoms with Crippen molar-refractivity contribution in [3.8, 4) is 17.2 Å². The van der Waals surface area contributed by atoms with Gasteiger partial charge in [-0.3, -0.25) is 4.79 Å². The number of rotatable bonds is 5. The van der Waals surface area contributed by atoms with E-state index in [1.807, 2.05) is 30.3 Å². The zero-order valence-corrected chi connectivity index (χ0v) is 14.8. The third-order valence-corrected chi connectivity index (χ3v) is 4.16. The summed E-state index contributed by atoms with van der Waals surface area (Å²) in [5.41, 5.74) is 1.80. The number of hydrogen-bond acceptors (Lipinski definition) is 4. The summed E-state index contributed by atoms with van der Waals surface area (Å²) in [6.07, 6.45) is 1.13. The maximum Gasteiger partial charge on any atom is 0.224 e. The zero-order valence-electron chi connectivity index (χ0n) is 14.0. The number of amides is 1. The molecular formula is C19H20ClNO4. The van der Waals surface area contributed by atoms with E-state index in [1.54, 1.807) is 13.2 Å². The van der Waals surface area contributed by atoms with Gasteiger partial charge in [0, 0.05) is 13.0 Å². The normalized spacial score (nSPS) is 13.0. The Morgan fingerprint density at radius 1 is 1.16 bits per heavy atom. The smallest absolute Gasteiger partial charge is 0.224 e. The van der Waals surface area contributed by atoms with E-state index in [1.165, 1.54) is 0 Å². The summed E-state index contributed by atoms with van der Waals surface area (Å²) in [6, 6.07) is 11.1. The van der Waals surface area contributed by atoms with E-state index in [2.05, 4.69) is 5.32 Å². The molecule has 5 nitrogen and oxygen atoms in total. The van der Waals surface area contributed by atoms with E-state index in [0.29, 0.717) is 42.7 Å². The molecule has 1 N–H and O–H groups in total. The SMILES string of the molecule is COc1ccc(CC(=O)NCc2cc(Cl)c3c(c2)OCCCO3)cc1. The lowest BCUT2D eigenvalue weighted by atomic mass is 10.1. The third-order valence-electron chi connectivity index (χ3n) is 3.88. The highest BCUT2D eigenvalue weighted by Crippen LogP contribution is 2.37. The van der Waals surface area contributed by atoms with Crippen LogP contribution in [-0.4, -0.2) is 26.2 Å². The molecule has 0 spiro atoms. The molecule has 1 amide bonds. The van der Waals surface area contributed by atoms with E-state index in [4.69, 9.17) is 25.8 Å². The lowest BCUT2D eigenvalue weighted by molar-refractivity contribution is -0.120. The van der Waals surface area contributed by atoms with Crippen molar-refractivity contribution in [2.24, 2.45) is 0 Å². The Hall–Kier alpha value is -2.40. The Kier molecular flexibility index (Phi) is 5.66. The molecular weight excluding hydrogens is 342 g/mol. The topological polar surface area (TPSA) is 56.8 Å². The maximum atomic E-state index is 12.1. The minimum Gasteiger partial charge on any atom is -0.497 e. The molecule has 0 saturated carbocycles. The fourth-order valence-electron chi connectivity index (χ4n) is 2.58. The van der Waals surface area contributed by atoms with Gasteiger partial charge >= 0.3 is 0 Å². The standard InChI is InChI=1S/C19H20ClNO4/c1-23-15-5-3-13(4-6-15)11-18(22)21-12-14-9-16(20)19-17(10-14)24-7-2-8-25-19/h3-6,9-10H,2,7-8,11-12H2,1H3,(H,21,22). The van der Waals surface area contributed by atoms with Crippen molar-refractivity contribution < 1.29 is 19.0 Å². The van der Waals surface area contributed by atoms with E-state index in [-0.39, 0.29) is 5.91 Å². The van der Waals surface area contributed by atoms with Crippen LogP contribution in [0.2, 0.25) is 5.02 Å². The highest BCUT2D eigenvalue weighted by atomic mass is 35.5. The molecule has 2 aromatic carbocycles. The summed E-state index contributed by atoms with van der Waals surface area (Å²) in [5.74, 6) is 1.91. The molecule has 132 valence electrons. The van der Waals surface area contributed by atoms with Crippen LogP contribution >= 0.6 is 11.6 Å². The fraction of sp³-hybridized carbons (Fsp3) is 0.316. The molecule has 1 heterocycles. The second-order valence-corrected chi connectivity index (χ2v) is 6.16. The van der Waals surface area contributed by atoms with Crippen LogP contribution in [0.5, 0.6) is 17.2 Å². The van der Waals surface area contributed by atoms with Crippen molar-refractivity contribution in [2.75, 3.05) is 20.3 Å². The Morgan fingerprint density at radius 3 is 2.68 bits per heavy atom. The van der Waals surface area contributed by atoms with Gasteiger partial charge in [0.25, 0.3) is 0 Å². The predicted octanol–water partition coefficient (Wildman–Crippen LogP) is 3.37. The van der Waals surface area contributed by atoms with Crippen LogP contribution in [0, 0.1) is 0 Å². The molecule has 6 heteroatoms. The fourth-order valence-corrected chi connectivity index (χ4v) is 2.87. The Morgan fingerprint density at radius 2 is 1.92 bits per heavy atom. The molecule has 2 aromatic rings. The first kappa shape index (κ1) is 17.4. The van der Waals surface area contributed by atoms with Crippen LogP contribution < -0.4 is 19.5 Å². The summed E-state index contributed by atoms with van der Waals surface area (Å²) >= 11 is 6.26. The van der Waals surface area contributed by atoms with Crippen LogP contribution in [0.15, 0.2) is 36.4 Å². The number of halogens is 1. The molecule has 0 radical (unpaired) electrons. The lowest BCUT2D eigenvalue weighted by Gasteiger charge is -2.12. The van der Waals surface area contributed by atoms with Crippen molar-refractivity contribution in [3.63, 3.8) is 0 Å². The molecule has 1 aliphatic rings. The highest BCUT2D eigenvalue weighted by Gasteiger charge is 2.16. The van der Waals surface area contributed by atoms with Gasteiger partial charge in [0.05, 0.1) is 31.8 Å². The van der Waals surface area contributed by atoms with Crippen LogP contribution in [0.1, 0.15) is 17.5 Å². The second kappa shape index (κ2) is 8.12. The Bertz CT molecular complexity index is 746. The molecule has 0 saturated heterocycles. The molecule has 0 unspecified atom stereocenters. The number of methoxy groups -OCH3 is 1. The van der Waals surface area contributed by atoms with Gasteiger partial charge in [0.15, 0.2) is 11.5 Å². The summed E-state index contributed by atoms with van der Waals surface area (Å²) in [4.78, 5) is 12.1. The number of fused-ring (bicyclic) bond motifs is 1. The lowest BCUT2D eigenvalue weighted by Crippen LogP contribution is -2.24. The summed E-state index contributed by atoms with van der Waals surface area (Å²) in [6.45, 7) is 1.56. The molecule has 25 heavy (non-hydrogen) atoms. The number of nitrogens with one attached hydrogen (secondary N) is 1. The maximum absolute atomic E-state index is 12.1. The van der Waals surface area contributed by atoms with Crippen molar-refractivity contribution in [1.82, 2.24) is 5.32 Å². The largest absolute Gasteiger partial charge is 0.497 e. The van der Waals surface area contributed by atoms with Crippen molar-refractivity contribution >= 4 is 17.5 Å². The number of benzene rings is 2. The minimum absolute atomic E-state index is 0.0617. The van der Waals surface area contributed by atoms with Gasteiger partial charge in [-0.15, -0.1) is 0 Å². The first-order valence-electron chi connectivity index (χ1n) is 8.13. The molecule has 0 aliphatic carbocycles. The molecule has 3 rings (SSSR count). The monoisotopic (exact) mass is 361 g/mol. The van der Waals surface area contributed by atoms with Crippen LogP contribution in [-0.2, 0) is 17.8 Å². The van der Waals surface area contributed by atoms with Gasteiger partial charge in [-0.2, -0.15) is 0 Å². The summed E-state index contributed by atoms with van der Waals surface area (Å²) in [7, 11) is 1.61. The average molecular weight is 362 g/mol. The zero-order chi connectivity index (χ0) is 17.6. The number of carbonyl (C=O) groups excluding carboxylic acids is 1. The molecule has 0 atom stereocenters. The van der Waals surface area contributed by atoms with Gasteiger partial charge in [0.2, 0.25) is 5.91 Å². The van der Waals surface area contributed by atoms with Crippen molar-refractivity contribution in [2.45, 2.75) is 19.4 Å². The first-order chi connectivity index (χ1) is 12.2. The first-order valence-corrected chi connectivity index (χ1v) is 8.51. The molecule has 1 aliphatic heterocycles. The Labute approximate surface area is 151 Å². The van der Waals surface area contributed by atoms with E-state index in [9.17, 15) is 4.79 Å². The van der Waals surface area contributed by atoms with Crippen molar-refractivity contribution in [3.05, 3.63) is 52.5 Å².